The van der Waals surface area contributed by atoms with E-state index in [1.807, 2.05) is 59.5 Å². The number of rotatable bonds is 5. The highest BCUT2D eigenvalue weighted by Gasteiger charge is 2.28. The summed E-state index contributed by atoms with van der Waals surface area (Å²) < 4.78 is 13.5. The van der Waals surface area contributed by atoms with Crippen LogP contribution in [0.25, 0.3) is 0 Å². The molecular weight excluding hydrogens is 413 g/mol. The number of hydrogen-bond donors (Lipinski definition) is 1. The molecule has 1 fully saturated rings. The van der Waals surface area contributed by atoms with E-state index in [1.165, 1.54) is 12.1 Å². The lowest BCUT2D eigenvalue weighted by molar-refractivity contribution is 0.120. The number of piperazine rings is 1. The van der Waals surface area contributed by atoms with Gasteiger partial charge in [-0.3, -0.25) is 4.90 Å². The molecule has 0 radical (unpaired) electrons. The lowest BCUT2D eigenvalue weighted by Crippen LogP contribution is -2.52. The van der Waals surface area contributed by atoms with E-state index in [-0.39, 0.29) is 17.9 Å². The normalized spacial score (nSPS) is 15.5. The average molecular weight is 438 g/mol. The average Bonchev–Trinajstić information content (AvgIpc) is 2.81. The fourth-order valence-electron chi connectivity index (χ4n) is 3.97. The molecule has 0 spiro atoms. The van der Waals surface area contributed by atoms with Crippen LogP contribution in [0.5, 0.6) is 0 Å². The number of urea groups is 1. The number of carbonyl (C=O) groups excluding carboxylic acids is 1. The fraction of sp³-hybridized carbons (Fsp3) is 0.240. The maximum absolute atomic E-state index is 13.5. The predicted molar refractivity (Wildman–Crippen MR) is 122 cm³/mol. The monoisotopic (exact) mass is 437 g/mol. The van der Waals surface area contributed by atoms with E-state index in [0.29, 0.717) is 24.7 Å². The molecule has 0 saturated carbocycles. The molecule has 160 valence electrons. The summed E-state index contributed by atoms with van der Waals surface area (Å²) in [4.78, 5) is 16.8. The van der Waals surface area contributed by atoms with Crippen molar-refractivity contribution in [1.82, 2.24) is 15.1 Å². The quantitative estimate of drug-likeness (QED) is 0.603. The predicted octanol–water partition coefficient (Wildman–Crippen LogP) is 5.10. The molecule has 0 bridgehead atoms. The molecule has 6 heteroatoms. The Hall–Kier alpha value is -2.89. The Bertz CT molecular complexity index is 988. The van der Waals surface area contributed by atoms with Crippen molar-refractivity contribution in [2.45, 2.75) is 12.6 Å². The molecule has 3 aromatic rings. The van der Waals surface area contributed by atoms with E-state index >= 15 is 0 Å². The van der Waals surface area contributed by atoms with Crippen molar-refractivity contribution < 1.29 is 9.18 Å². The number of nitrogens with one attached hydrogen (secondary N) is 1. The zero-order valence-electron chi connectivity index (χ0n) is 17.2. The van der Waals surface area contributed by atoms with Crippen molar-refractivity contribution in [1.29, 1.82) is 0 Å². The summed E-state index contributed by atoms with van der Waals surface area (Å²) in [6.45, 7) is 3.23. The zero-order chi connectivity index (χ0) is 21.6. The van der Waals surface area contributed by atoms with E-state index in [4.69, 9.17) is 11.6 Å². The van der Waals surface area contributed by atoms with E-state index in [0.717, 1.165) is 29.8 Å². The van der Waals surface area contributed by atoms with Crippen LogP contribution in [0.3, 0.4) is 0 Å². The second-order valence-electron chi connectivity index (χ2n) is 7.67. The molecule has 1 aliphatic rings. The van der Waals surface area contributed by atoms with Gasteiger partial charge < -0.3 is 10.2 Å². The Morgan fingerprint density at radius 2 is 1.48 bits per heavy atom. The lowest BCUT2D eigenvalue weighted by atomic mass is 9.96. The molecule has 1 atom stereocenters. The number of carbonyl (C=O) groups is 1. The first-order valence-corrected chi connectivity index (χ1v) is 10.8. The number of hydrogen-bond acceptors (Lipinski definition) is 2. The number of halogens is 2. The first kappa shape index (κ1) is 21.3. The van der Waals surface area contributed by atoms with Crippen LogP contribution >= 0.6 is 11.6 Å². The van der Waals surface area contributed by atoms with Crippen LogP contribution in [0.1, 0.15) is 22.7 Å². The Morgan fingerprint density at radius 3 is 2.13 bits per heavy atom. The smallest absolute Gasteiger partial charge is 0.317 e. The van der Waals surface area contributed by atoms with Crippen LogP contribution in [0.15, 0.2) is 78.9 Å². The van der Waals surface area contributed by atoms with Crippen molar-refractivity contribution >= 4 is 17.6 Å². The van der Waals surface area contributed by atoms with Crippen LogP contribution in [0.4, 0.5) is 9.18 Å². The van der Waals surface area contributed by atoms with Crippen LogP contribution in [0.2, 0.25) is 5.02 Å². The van der Waals surface area contributed by atoms with Gasteiger partial charge in [-0.2, -0.15) is 0 Å². The summed E-state index contributed by atoms with van der Waals surface area (Å²) in [5, 5.41) is 3.67. The summed E-state index contributed by atoms with van der Waals surface area (Å²) in [5.41, 5.74) is 3.22. The van der Waals surface area contributed by atoms with Gasteiger partial charge in [0.1, 0.15) is 5.82 Å². The lowest BCUT2D eigenvalue weighted by Gasteiger charge is -2.39. The number of nitrogens with zero attached hydrogens (tertiary/aromatic N) is 2. The minimum Gasteiger partial charge on any atom is -0.334 e. The molecule has 4 nitrogen and oxygen atoms in total. The third-order valence-corrected chi connectivity index (χ3v) is 5.88. The van der Waals surface area contributed by atoms with Crippen molar-refractivity contribution in [3.05, 3.63) is 106 Å². The Kier molecular flexibility index (Phi) is 6.85. The van der Waals surface area contributed by atoms with Gasteiger partial charge in [0.15, 0.2) is 0 Å². The van der Waals surface area contributed by atoms with Crippen LogP contribution in [0, 0.1) is 5.82 Å². The first-order valence-electron chi connectivity index (χ1n) is 10.4. The molecule has 1 unspecified atom stereocenters. The van der Waals surface area contributed by atoms with Crippen molar-refractivity contribution in [2.24, 2.45) is 0 Å². The molecule has 2 amide bonds. The first-order chi connectivity index (χ1) is 15.1. The van der Waals surface area contributed by atoms with Gasteiger partial charge in [0, 0.05) is 37.7 Å². The standard InChI is InChI=1S/C25H25ClFN3O/c26-22-10-6-19(7-11-22)18-28-25(31)30-16-14-29(15-17-30)24(20-4-2-1-3-5-20)21-8-12-23(27)13-9-21/h1-13,24H,14-18H2,(H,28,31). The largest absolute Gasteiger partial charge is 0.334 e. The molecule has 31 heavy (non-hydrogen) atoms. The van der Waals surface area contributed by atoms with Gasteiger partial charge in [0.05, 0.1) is 6.04 Å². The molecule has 1 N–H and O–H groups in total. The molecule has 4 rings (SSSR count). The highest BCUT2D eigenvalue weighted by atomic mass is 35.5. The highest BCUT2D eigenvalue weighted by molar-refractivity contribution is 6.30. The Labute approximate surface area is 187 Å². The second-order valence-corrected chi connectivity index (χ2v) is 8.11. The molecular formula is C25H25ClFN3O. The van der Waals surface area contributed by atoms with Gasteiger partial charge in [-0.15, -0.1) is 0 Å². The third kappa shape index (κ3) is 5.43. The molecule has 0 aromatic heterocycles. The van der Waals surface area contributed by atoms with E-state index in [2.05, 4.69) is 22.3 Å². The van der Waals surface area contributed by atoms with Gasteiger partial charge in [0.25, 0.3) is 0 Å². The molecule has 3 aromatic carbocycles. The number of benzene rings is 3. The van der Waals surface area contributed by atoms with Crippen molar-refractivity contribution in [3.63, 3.8) is 0 Å². The molecule has 1 saturated heterocycles. The summed E-state index contributed by atoms with van der Waals surface area (Å²) >= 11 is 5.91. The van der Waals surface area contributed by atoms with Crippen LogP contribution in [-0.4, -0.2) is 42.0 Å². The minimum atomic E-state index is -0.238. The SMILES string of the molecule is O=C(NCc1ccc(Cl)cc1)N1CCN(C(c2ccccc2)c2ccc(F)cc2)CC1. The van der Waals surface area contributed by atoms with Gasteiger partial charge in [-0.25, -0.2) is 9.18 Å². The van der Waals surface area contributed by atoms with Gasteiger partial charge in [0.2, 0.25) is 0 Å². The Balaban J connectivity index is 1.40. The maximum atomic E-state index is 13.5. The van der Waals surface area contributed by atoms with E-state index in [9.17, 15) is 9.18 Å². The summed E-state index contributed by atoms with van der Waals surface area (Å²) in [7, 11) is 0. The molecule has 0 aliphatic carbocycles. The summed E-state index contributed by atoms with van der Waals surface area (Å²) in [6, 6.07) is 24.4. The van der Waals surface area contributed by atoms with Gasteiger partial charge >= 0.3 is 6.03 Å². The topological polar surface area (TPSA) is 35.6 Å². The van der Waals surface area contributed by atoms with Gasteiger partial charge in [-0.1, -0.05) is 66.2 Å². The Morgan fingerprint density at radius 1 is 0.871 bits per heavy atom. The molecule has 1 heterocycles. The molecule has 1 aliphatic heterocycles. The maximum Gasteiger partial charge on any atom is 0.317 e. The van der Waals surface area contributed by atoms with E-state index < -0.39 is 0 Å². The minimum absolute atomic E-state index is 0.0288. The van der Waals surface area contributed by atoms with Crippen LogP contribution < -0.4 is 5.32 Å². The van der Waals surface area contributed by atoms with Crippen LogP contribution in [-0.2, 0) is 6.54 Å². The second kappa shape index (κ2) is 9.94. The summed E-state index contributed by atoms with van der Waals surface area (Å²) in [5.74, 6) is -0.238. The highest BCUT2D eigenvalue weighted by Crippen LogP contribution is 2.29. The fourth-order valence-corrected chi connectivity index (χ4v) is 4.10. The number of amides is 2. The van der Waals surface area contributed by atoms with Crippen molar-refractivity contribution in [3.8, 4) is 0 Å². The van der Waals surface area contributed by atoms with Gasteiger partial charge in [-0.05, 0) is 41.0 Å². The van der Waals surface area contributed by atoms with E-state index in [1.54, 1.807) is 0 Å². The zero-order valence-corrected chi connectivity index (χ0v) is 17.9. The third-order valence-electron chi connectivity index (χ3n) is 5.62. The summed E-state index contributed by atoms with van der Waals surface area (Å²) in [6.07, 6.45) is 0. The van der Waals surface area contributed by atoms with Crippen molar-refractivity contribution in [2.75, 3.05) is 26.2 Å².